The summed E-state index contributed by atoms with van der Waals surface area (Å²) < 4.78 is 20.3. The number of halogens is 1. The van der Waals surface area contributed by atoms with Gasteiger partial charge in [0.05, 0.1) is 6.10 Å². The summed E-state index contributed by atoms with van der Waals surface area (Å²) in [6.45, 7) is 1.66. The molecule has 28 heavy (non-hydrogen) atoms. The Hall–Kier alpha value is -2.91. The van der Waals surface area contributed by atoms with E-state index < -0.39 is 12.0 Å². The fourth-order valence-corrected chi connectivity index (χ4v) is 3.22. The van der Waals surface area contributed by atoms with Gasteiger partial charge in [-0.05, 0) is 55.2 Å². The number of allylic oxidation sites excluding steroid dienone is 1. The molecule has 0 fully saturated rings. The van der Waals surface area contributed by atoms with Gasteiger partial charge in [-0.2, -0.15) is 0 Å². The van der Waals surface area contributed by atoms with Crippen molar-refractivity contribution in [3.8, 4) is 11.5 Å². The number of benzene rings is 3. The number of hydrogen-bond donors (Lipinski definition) is 1. The molecule has 0 saturated heterocycles. The predicted octanol–water partition coefficient (Wildman–Crippen LogP) is 6.63. The molecule has 0 aliphatic rings. The number of ether oxygens (including phenoxy) is 1. The summed E-state index contributed by atoms with van der Waals surface area (Å²) >= 11 is 0. The minimum Gasteiger partial charge on any atom is -0.457 e. The molecule has 1 N–H and O–H groups in total. The molecule has 0 saturated carbocycles. The zero-order valence-corrected chi connectivity index (χ0v) is 16.0. The van der Waals surface area contributed by atoms with Gasteiger partial charge >= 0.3 is 0 Å². The van der Waals surface area contributed by atoms with Crippen LogP contribution in [0.3, 0.4) is 0 Å². The van der Waals surface area contributed by atoms with Crippen LogP contribution in [0.25, 0.3) is 0 Å². The normalized spacial score (nSPS) is 13.8. The van der Waals surface area contributed by atoms with E-state index >= 15 is 0 Å². The molecule has 3 aromatic rings. The molecule has 144 valence electrons. The molecule has 3 aromatic carbocycles. The molecule has 0 aliphatic carbocycles. The first-order chi connectivity index (χ1) is 13.7. The van der Waals surface area contributed by atoms with Gasteiger partial charge in [0.1, 0.15) is 17.3 Å². The molecule has 0 amide bonds. The van der Waals surface area contributed by atoms with Crippen LogP contribution in [0.2, 0.25) is 0 Å². The summed E-state index contributed by atoms with van der Waals surface area (Å²) in [6.07, 6.45) is 1.76. The van der Waals surface area contributed by atoms with Crippen LogP contribution in [0.4, 0.5) is 4.39 Å². The average Bonchev–Trinajstić information content (AvgIpc) is 2.75. The van der Waals surface area contributed by atoms with Gasteiger partial charge in [-0.1, -0.05) is 66.7 Å². The molecule has 3 heteroatoms. The minimum atomic E-state index is -0.911. The van der Waals surface area contributed by atoms with E-state index in [1.807, 2.05) is 60.7 Å². The molecule has 0 radical (unpaired) electrons. The molecule has 2 nitrogen and oxygen atoms in total. The Morgan fingerprint density at radius 1 is 0.893 bits per heavy atom. The van der Waals surface area contributed by atoms with Gasteiger partial charge in [-0.15, -0.1) is 0 Å². The molecule has 0 aromatic heterocycles. The first kappa shape index (κ1) is 19.8. The number of aryl methyl sites for hydroxylation is 1. The van der Waals surface area contributed by atoms with Crippen LogP contribution in [0.15, 0.2) is 96.8 Å². The van der Waals surface area contributed by atoms with Crippen molar-refractivity contribution in [2.24, 2.45) is 5.92 Å². The fourth-order valence-electron chi connectivity index (χ4n) is 3.22. The maximum Gasteiger partial charge on any atom is 0.127 e. The maximum atomic E-state index is 14.5. The second-order valence-electron chi connectivity index (χ2n) is 6.73. The second kappa shape index (κ2) is 9.86. The van der Waals surface area contributed by atoms with Crippen LogP contribution in [-0.4, -0.2) is 5.11 Å². The number of rotatable bonds is 8. The average molecular weight is 376 g/mol. The maximum absolute atomic E-state index is 14.5. The van der Waals surface area contributed by atoms with E-state index in [1.165, 1.54) is 6.08 Å². The summed E-state index contributed by atoms with van der Waals surface area (Å²) in [5, 5.41) is 10.8. The zero-order valence-electron chi connectivity index (χ0n) is 16.0. The van der Waals surface area contributed by atoms with Gasteiger partial charge in [0.15, 0.2) is 0 Å². The number of para-hydroxylation sites is 1. The summed E-state index contributed by atoms with van der Waals surface area (Å²) in [4.78, 5) is 0. The van der Waals surface area contributed by atoms with Crippen molar-refractivity contribution in [1.29, 1.82) is 0 Å². The van der Waals surface area contributed by atoms with Crippen LogP contribution in [0.1, 0.15) is 30.6 Å². The van der Waals surface area contributed by atoms with Crippen molar-refractivity contribution in [1.82, 2.24) is 0 Å². The second-order valence-corrected chi connectivity index (χ2v) is 6.73. The highest BCUT2D eigenvalue weighted by atomic mass is 19.1. The molecule has 0 bridgehead atoms. The van der Waals surface area contributed by atoms with Crippen molar-refractivity contribution in [2.45, 2.75) is 25.9 Å². The first-order valence-corrected chi connectivity index (χ1v) is 9.54. The first-order valence-electron chi connectivity index (χ1n) is 9.54. The third-order valence-corrected chi connectivity index (χ3v) is 4.80. The zero-order chi connectivity index (χ0) is 19.8. The third-order valence-electron chi connectivity index (χ3n) is 4.80. The molecule has 0 heterocycles. The Labute approximate surface area is 165 Å². The van der Waals surface area contributed by atoms with E-state index in [9.17, 15) is 9.50 Å². The van der Waals surface area contributed by atoms with Crippen molar-refractivity contribution in [2.75, 3.05) is 0 Å². The lowest BCUT2D eigenvalue weighted by Crippen LogP contribution is -2.14. The fraction of sp³-hybridized carbons (Fsp3) is 0.200. The molecule has 3 rings (SSSR count). The Morgan fingerprint density at radius 2 is 1.46 bits per heavy atom. The smallest absolute Gasteiger partial charge is 0.127 e. The van der Waals surface area contributed by atoms with E-state index in [0.29, 0.717) is 24.2 Å². The summed E-state index contributed by atoms with van der Waals surface area (Å²) in [6, 6.07) is 26.6. The molecule has 0 unspecified atom stereocenters. The van der Waals surface area contributed by atoms with Gasteiger partial charge in [-0.25, -0.2) is 4.39 Å². The van der Waals surface area contributed by atoms with E-state index in [0.717, 1.165) is 11.3 Å². The van der Waals surface area contributed by atoms with Crippen molar-refractivity contribution >= 4 is 0 Å². The van der Waals surface area contributed by atoms with Crippen LogP contribution in [0, 0.1) is 5.92 Å². The lowest BCUT2D eigenvalue weighted by atomic mass is 9.89. The van der Waals surface area contributed by atoms with Crippen molar-refractivity contribution in [3.63, 3.8) is 0 Å². The van der Waals surface area contributed by atoms with E-state index in [1.54, 1.807) is 31.2 Å². The van der Waals surface area contributed by atoms with Crippen molar-refractivity contribution < 1.29 is 14.2 Å². The van der Waals surface area contributed by atoms with E-state index in [-0.39, 0.29) is 5.83 Å². The summed E-state index contributed by atoms with van der Waals surface area (Å²) in [7, 11) is 0. The third kappa shape index (κ3) is 5.30. The quantitative estimate of drug-likeness (QED) is 0.478. The highest BCUT2D eigenvalue weighted by Crippen LogP contribution is 2.34. The Morgan fingerprint density at radius 3 is 2.07 bits per heavy atom. The standard InChI is InChI=1S/C25H25FO2/c1-2-24(26)23(18-13-19-9-5-3-6-10-19)25(27)20-14-16-22(17-15-20)28-21-11-7-4-8-12-21/h2-12,14-17,23,25,27H,13,18H2,1H3/b24-2+/t23-,25-/m0/s1. The lowest BCUT2D eigenvalue weighted by molar-refractivity contribution is 0.109. The van der Waals surface area contributed by atoms with Crippen LogP contribution < -0.4 is 4.74 Å². The lowest BCUT2D eigenvalue weighted by Gasteiger charge is -2.22. The highest BCUT2D eigenvalue weighted by Gasteiger charge is 2.24. The topological polar surface area (TPSA) is 29.5 Å². The molecular formula is C25H25FO2. The van der Waals surface area contributed by atoms with Gasteiger partial charge in [0.25, 0.3) is 0 Å². The Balaban J connectivity index is 1.70. The largest absolute Gasteiger partial charge is 0.457 e. The summed E-state index contributed by atoms with van der Waals surface area (Å²) in [5.41, 5.74) is 1.81. The van der Waals surface area contributed by atoms with Crippen LogP contribution >= 0.6 is 0 Å². The molecule has 0 aliphatic heterocycles. The van der Waals surface area contributed by atoms with Crippen molar-refractivity contribution in [3.05, 3.63) is 108 Å². The minimum absolute atomic E-state index is 0.284. The van der Waals surface area contributed by atoms with Crippen LogP contribution in [-0.2, 0) is 6.42 Å². The Bertz CT molecular complexity index is 873. The molecule has 0 spiro atoms. The monoisotopic (exact) mass is 376 g/mol. The van der Waals surface area contributed by atoms with Gasteiger partial charge < -0.3 is 9.84 Å². The number of aliphatic hydroxyl groups excluding tert-OH is 1. The molecule has 2 atom stereocenters. The molecular weight excluding hydrogens is 351 g/mol. The van der Waals surface area contributed by atoms with E-state index in [2.05, 4.69) is 0 Å². The summed E-state index contributed by atoms with van der Waals surface area (Å²) in [5.74, 6) is 0.560. The SMILES string of the molecule is C/C=C(/F)[C@H](CCc1ccccc1)[C@@H](O)c1ccc(Oc2ccccc2)cc1. The number of hydrogen-bond acceptors (Lipinski definition) is 2. The van der Waals surface area contributed by atoms with Gasteiger partial charge in [0.2, 0.25) is 0 Å². The van der Waals surface area contributed by atoms with Gasteiger partial charge in [-0.3, -0.25) is 0 Å². The highest BCUT2D eigenvalue weighted by molar-refractivity contribution is 5.34. The Kier molecular flexibility index (Phi) is 6.99. The predicted molar refractivity (Wildman–Crippen MR) is 111 cm³/mol. The number of aliphatic hydroxyl groups is 1. The van der Waals surface area contributed by atoms with Gasteiger partial charge in [0, 0.05) is 5.92 Å². The van der Waals surface area contributed by atoms with E-state index in [4.69, 9.17) is 4.74 Å². The van der Waals surface area contributed by atoms with Crippen LogP contribution in [0.5, 0.6) is 11.5 Å².